The molecule has 1 aliphatic rings. The number of amides is 1. The molecule has 0 unspecified atom stereocenters. The van der Waals surface area contributed by atoms with Gasteiger partial charge < -0.3 is 9.80 Å². The number of carbonyl (C=O) groups is 1. The standard InChI is InChI=1S/C14H16N4O/c1-3-17-9-18(7-12(17)19)14-11-6-4-5-10(2)13(11)15-8-16-14/h4-6,8H,3,7,9H2,1-2H3. The Hall–Kier alpha value is -2.17. The van der Waals surface area contributed by atoms with Gasteiger partial charge in [0.15, 0.2) is 0 Å². The van der Waals surface area contributed by atoms with Crippen LogP contribution in [0.2, 0.25) is 0 Å². The van der Waals surface area contributed by atoms with E-state index in [4.69, 9.17) is 0 Å². The highest BCUT2D eigenvalue weighted by molar-refractivity contribution is 5.94. The molecule has 1 aromatic carbocycles. The quantitative estimate of drug-likeness (QED) is 0.818. The van der Waals surface area contributed by atoms with E-state index >= 15 is 0 Å². The zero-order chi connectivity index (χ0) is 13.4. The van der Waals surface area contributed by atoms with Gasteiger partial charge in [-0.05, 0) is 25.5 Å². The normalized spacial score (nSPS) is 15.6. The van der Waals surface area contributed by atoms with Gasteiger partial charge in [0.05, 0.1) is 12.2 Å². The van der Waals surface area contributed by atoms with Crippen molar-refractivity contribution in [2.24, 2.45) is 0 Å². The molecule has 3 rings (SSSR count). The maximum atomic E-state index is 11.8. The highest BCUT2D eigenvalue weighted by atomic mass is 16.2. The molecule has 5 nitrogen and oxygen atoms in total. The number of rotatable bonds is 2. The Bertz CT molecular complexity index is 640. The average molecular weight is 256 g/mol. The minimum absolute atomic E-state index is 0.155. The van der Waals surface area contributed by atoms with Gasteiger partial charge in [-0.1, -0.05) is 12.1 Å². The zero-order valence-electron chi connectivity index (χ0n) is 11.1. The molecule has 1 aliphatic heterocycles. The molecule has 0 aliphatic carbocycles. The summed E-state index contributed by atoms with van der Waals surface area (Å²) >= 11 is 0. The lowest BCUT2D eigenvalue weighted by Gasteiger charge is -2.18. The van der Waals surface area contributed by atoms with Crippen LogP contribution in [-0.2, 0) is 4.79 Å². The van der Waals surface area contributed by atoms with Crippen LogP contribution in [0.5, 0.6) is 0 Å². The fraction of sp³-hybridized carbons (Fsp3) is 0.357. The molecule has 0 spiro atoms. The minimum Gasteiger partial charge on any atom is -0.329 e. The first-order valence-corrected chi connectivity index (χ1v) is 6.43. The van der Waals surface area contributed by atoms with Gasteiger partial charge >= 0.3 is 0 Å². The van der Waals surface area contributed by atoms with E-state index in [1.165, 1.54) is 0 Å². The van der Waals surface area contributed by atoms with Gasteiger partial charge in [0.1, 0.15) is 18.7 Å². The van der Waals surface area contributed by atoms with Gasteiger partial charge in [-0.15, -0.1) is 0 Å². The molecule has 5 heteroatoms. The number of para-hydroxylation sites is 1. The van der Waals surface area contributed by atoms with Crippen molar-refractivity contribution < 1.29 is 4.79 Å². The average Bonchev–Trinajstić information content (AvgIpc) is 2.80. The van der Waals surface area contributed by atoms with Crippen LogP contribution in [0, 0.1) is 6.92 Å². The Kier molecular flexibility index (Phi) is 2.81. The lowest BCUT2D eigenvalue weighted by atomic mass is 10.1. The SMILES string of the molecule is CCN1CN(c2ncnc3c(C)cccc23)CC1=O. The second-order valence-corrected chi connectivity index (χ2v) is 4.76. The van der Waals surface area contributed by atoms with Crippen LogP contribution in [0.3, 0.4) is 0 Å². The number of likely N-dealkylation sites (N-methyl/N-ethyl adjacent to an activating group) is 1. The summed E-state index contributed by atoms with van der Waals surface area (Å²) in [6, 6.07) is 6.04. The van der Waals surface area contributed by atoms with E-state index in [-0.39, 0.29) is 5.91 Å². The van der Waals surface area contributed by atoms with Crippen molar-refractivity contribution in [1.82, 2.24) is 14.9 Å². The lowest BCUT2D eigenvalue weighted by Crippen LogP contribution is -2.27. The Balaban J connectivity index is 2.07. The Morgan fingerprint density at radius 2 is 2.16 bits per heavy atom. The summed E-state index contributed by atoms with van der Waals surface area (Å²) < 4.78 is 0. The fourth-order valence-electron chi connectivity index (χ4n) is 2.49. The summed E-state index contributed by atoms with van der Waals surface area (Å²) in [6.07, 6.45) is 1.57. The molecule has 19 heavy (non-hydrogen) atoms. The molecule has 0 saturated carbocycles. The maximum Gasteiger partial charge on any atom is 0.243 e. The van der Waals surface area contributed by atoms with Crippen LogP contribution < -0.4 is 4.90 Å². The Morgan fingerprint density at radius 3 is 2.89 bits per heavy atom. The van der Waals surface area contributed by atoms with E-state index in [2.05, 4.69) is 9.97 Å². The lowest BCUT2D eigenvalue weighted by molar-refractivity contribution is -0.126. The Morgan fingerprint density at radius 1 is 1.32 bits per heavy atom. The van der Waals surface area contributed by atoms with E-state index in [9.17, 15) is 4.79 Å². The zero-order valence-corrected chi connectivity index (χ0v) is 11.1. The molecule has 1 saturated heterocycles. The molecular weight excluding hydrogens is 240 g/mol. The highest BCUT2D eigenvalue weighted by Crippen LogP contribution is 2.26. The first kappa shape index (κ1) is 11.9. The van der Waals surface area contributed by atoms with E-state index in [1.54, 1.807) is 6.33 Å². The van der Waals surface area contributed by atoms with E-state index < -0.39 is 0 Å². The number of hydrogen-bond donors (Lipinski definition) is 0. The van der Waals surface area contributed by atoms with Crippen LogP contribution in [-0.4, -0.2) is 40.5 Å². The number of hydrogen-bond acceptors (Lipinski definition) is 4. The number of anilines is 1. The van der Waals surface area contributed by atoms with Crippen molar-refractivity contribution in [2.45, 2.75) is 13.8 Å². The molecule has 1 aromatic heterocycles. The van der Waals surface area contributed by atoms with E-state index in [0.717, 1.165) is 28.8 Å². The first-order chi connectivity index (χ1) is 9.20. The van der Waals surface area contributed by atoms with Gasteiger partial charge in [-0.25, -0.2) is 9.97 Å². The number of benzene rings is 1. The fourth-order valence-corrected chi connectivity index (χ4v) is 2.49. The molecule has 0 N–H and O–H groups in total. The van der Waals surface area contributed by atoms with E-state index in [0.29, 0.717) is 13.2 Å². The Labute approximate surface area is 111 Å². The van der Waals surface area contributed by atoms with Crippen LogP contribution >= 0.6 is 0 Å². The van der Waals surface area contributed by atoms with Gasteiger partial charge in [0.25, 0.3) is 0 Å². The van der Waals surface area contributed by atoms with Gasteiger partial charge in [-0.3, -0.25) is 4.79 Å². The monoisotopic (exact) mass is 256 g/mol. The summed E-state index contributed by atoms with van der Waals surface area (Å²) in [4.78, 5) is 24.4. The third-order valence-electron chi connectivity index (χ3n) is 3.55. The molecule has 1 amide bonds. The largest absolute Gasteiger partial charge is 0.329 e. The molecular formula is C14H16N4O. The molecule has 1 fully saturated rings. The van der Waals surface area contributed by atoms with Crippen LogP contribution in [0.1, 0.15) is 12.5 Å². The second kappa shape index (κ2) is 4.50. The molecule has 0 radical (unpaired) electrons. The first-order valence-electron chi connectivity index (χ1n) is 6.43. The van der Waals surface area contributed by atoms with Crippen LogP contribution in [0.15, 0.2) is 24.5 Å². The van der Waals surface area contributed by atoms with Crippen molar-refractivity contribution in [1.29, 1.82) is 0 Å². The van der Waals surface area contributed by atoms with Crippen molar-refractivity contribution in [3.63, 3.8) is 0 Å². The minimum atomic E-state index is 0.155. The van der Waals surface area contributed by atoms with Crippen molar-refractivity contribution in [2.75, 3.05) is 24.7 Å². The van der Waals surface area contributed by atoms with Crippen molar-refractivity contribution in [3.8, 4) is 0 Å². The number of aryl methyl sites for hydroxylation is 1. The third kappa shape index (κ3) is 1.91. The summed E-state index contributed by atoms with van der Waals surface area (Å²) in [5, 5.41) is 1.01. The molecule has 2 aromatic rings. The number of aromatic nitrogens is 2. The summed E-state index contributed by atoms with van der Waals surface area (Å²) in [5.74, 6) is 1.000. The molecule has 0 atom stereocenters. The van der Waals surface area contributed by atoms with Gasteiger partial charge in [-0.2, -0.15) is 0 Å². The predicted molar refractivity (Wildman–Crippen MR) is 73.9 cm³/mol. The summed E-state index contributed by atoms with van der Waals surface area (Å²) in [5.41, 5.74) is 2.08. The van der Waals surface area contributed by atoms with Crippen molar-refractivity contribution in [3.05, 3.63) is 30.1 Å². The van der Waals surface area contributed by atoms with E-state index in [1.807, 2.05) is 41.8 Å². The van der Waals surface area contributed by atoms with Gasteiger partial charge in [0, 0.05) is 11.9 Å². The van der Waals surface area contributed by atoms with Crippen LogP contribution in [0.25, 0.3) is 10.9 Å². The molecule has 98 valence electrons. The highest BCUT2D eigenvalue weighted by Gasteiger charge is 2.28. The molecule has 0 bridgehead atoms. The van der Waals surface area contributed by atoms with Crippen LogP contribution in [0.4, 0.5) is 5.82 Å². The summed E-state index contributed by atoms with van der Waals surface area (Å²) in [7, 11) is 0. The van der Waals surface area contributed by atoms with Crippen molar-refractivity contribution >= 4 is 22.6 Å². The number of nitrogens with zero attached hydrogens (tertiary/aromatic N) is 4. The predicted octanol–water partition coefficient (Wildman–Crippen LogP) is 1.56. The third-order valence-corrected chi connectivity index (χ3v) is 3.55. The number of fused-ring (bicyclic) bond motifs is 1. The smallest absolute Gasteiger partial charge is 0.243 e. The second-order valence-electron chi connectivity index (χ2n) is 4.76. The number of carbonyl (C=O) groups excluding carboxylic acids is 1. The molecule has 2 heterocycles. The summed E-state index contributed by atoms with van der Waals surface area (Å²) in [6.45, 7) is 5.76. The maximum absolute atomic E-state index is 11.8. The van der Waals surface area contributed by atoms with Gasteiger partial charge in [0.2, 0.25) is 5.91 Å². The topological polar surface area (TPSA) is 49.3 Å².